The highest BCUT2D eigenvalue weighted by atomic mass is 16.5. The van der Waals surface area contributed by atoms with E-state index in [2.05, 4.69) is 9.97 Å². The summed E-state index contributed by atoms with van der Waals surface area (Å²) in [5, 5.41) is 10.1. The fourth-order valence-electron chi connectivity index (χ4n) is 1.92. The fourth-order valence-corrected chi connectivity index (χ4v) is 1.92. The van der Waals surface area contributed by atoms with Gasteiger partial charge in [-0.3, -0.25) is 9.97 Å². The SMILES string of the molecule is O=C(O)c1ccncc1Oc1cccc2cccnc12. The van der Waals surface area contributed by atoms with Crippen molar-refractivity contribution in [3.8, 4) is 11.5 Å². The molecule has 0 fully saturated rings. The number of fused-ring (bicyclic) bond motifs is 1. The zero-order valence-electron chi connectivity index (χ0n) is 10.4. The Morgan fingerprint density at radius 3 is 2.75 bits per heavy atom. The number of hydrogen-bond donors (Lipinski definition) is 1. The highest BCUT2D eigenvalue weighted by Crippen LogP contribution is 2.29. The summed E-state index contributed by atoms with van der Waals surface area (Å²) >= 11 is 0. The van der Waals surface area contributed by atoms with Gasteiger partial charge in [0.2, 0.25) is 0 Å². The number of aromatic nitrogens is 2. The van der Waals surface area contributed by atoms with Crippen LogP contribution in [0, 0.1) is 0 Å². The molecule has 2 aromatic heterocycles. The van der Waals surface area contributed by atoms with Crippen molar-refractivity contribution in [1.29, 1.82) is 0 Å². The smallest absolute Gasteiger partial charge is 0.339 e. The number of ether oxygens (including phenoxy) is 1. The zero-order valence-corrected chi connectivity index (χ0v) is 10.4. The molecule has 1 aromatic carbocycles. The largest absolute Gasteiger partial charge is 0.478 e. The first kappa shape index (κ1) is 12.1. The number of nitrogens with zero attached hydrogens (tertiary/aromatic N) is 2. The molecule has 5 heteroatoms. The van der Waals surface area contributed by atoms with Gasteiger partial charge < -0.3 is 9.84 Å². The lowest BCUT2D eigenvalue weighted by Gasteiger charge is -2.09. The number of aromatic carboxylic acids is 1. The van der Waals surface area contributed by atoms with Crippen LogP contribution in [0.25, 0.3) is 10.9 Å². The number of pyridine rings is 2. The molecule has 5 nitrogen and oxygen atoms in total. The molecule has 1 N–H and O–H groups in total. The van der Waals surface area contributed by atoms with Gasteiger partial charge in [0, 0.05) is 17.8 Å². The average Bonchev–Trinajstić information content (AvgIpc) is 2.48. The molecule has 0 saturated heterocycles. The van der Waals surface area contributed by atoms with E-state index < -0.39 is 5.97 Å². The molecule has 0 radical (unpaired) electrons. The first-order valence-corrected chi connectivity index (χ1v) is 5.94. The summed E-state index contributed by atoms with van der Waals surface area (Å²) in [4.78, 5) is 19.3. The number of carboxylic acids is 1. The molecule has 2 heterocycles. The van der Waals surface area contributed by atoms with Gasteiger partial charge in [0.05, 0.1) is 6.20 Å². The van der Waals surface area contributed by atoms with E-state index in [-0.39, 0.29) is 11.3 Å². The van der Waals surface area contributed by atoms with Crippen molar-refractivity contribution in [3.05, 3.63) is 60.6 Å². The van der Waals surface area contributed by atoms with Crippen molar-refractivity contribution in [1.82, 2.24) is 9.97 Å². The molecule has 20 heavy (non-hydrogen) atoms. The lowest BCUT2D eigenvalue weighted by molar-refractivity contribution is 0.0694. The number of rotatable bonds is 3. The van der Waals surface area contributed by atoms with Crippen LogP contribution in [0.2, 0.25) is 0 Å². The summed E-state index contributed by atoms with van der Waals surface area (Å²) in [6.45, 7) is 0. The highest BCUT2D eigenvalue weighted by molar-refractivity contribution is 5.91. The van der Waals surface area contributed by atoms with Crippen LogP contribution < -0.4 is 4.74 Å². The van der Waals surface area contributed by atoms with E-state index in [4.69, 9.17) is 9.84 Å². The third-order valence-electron chi connectivity index (χ3n) is 2.83. The summed E-state index contributed by atoms with van der Waals surface area (Å²) < 4.78 is 5.68. The quantitative estimate of drug-likeness (QED) is 0.788. The topological polar surface area (TPSA) is 72.3 Å². The molecule has 0 unspecified atom stereocenters. The van der Waals surface area contributed by atoms with Gasteiger partial charge in [-0.2, -0.15) is 0 Å². The van der Waals surface area contributed by atoms with Gasteiger partial charge in [-0.25, -0.2) is 4.79 Å². The van der Waals surface area contributed by atoms with Crippen molar-refractivity contribution < 1.29 is 14.6 Å². The molecule has 0 atom stereocenters. The molecular formula is C15H10N2O3. The zero-order chi connectivity index (χ0) is 13.9. The van der Waals surface area contributed by atoms with Crippen LogP contribution in [-0.4, -0.2) is 21.0 Å². The van der Waals surface area contributed by atoms with Crippen LogP contribution in [0.4, 0.5) is 0 Å². The first-order chi connectivity index (χ1) is 9.75. The van der Waals surface area contributed by atoms with E-state index in [1.165, 1.54) is 18.5 Å². The van der Waals surface area contributed by atoms with Crippen molar-refractivity contribution in [2.24, 2.45) is 0 Å². The molecule has 0 bridgehead atoms. The summed E-state index contributed by atoms with van der Waals surface area (Å²) in [6, 6.07) is 10.6. The van der Waals surface area contributed by atoms with Crippen molar-refractivity contribution in [3.63, 3.8) is 0 Å². The maximum Gasteiger partial charge on any atom is 0.339 e. The Hall–Kier alpha value is -2.95. The second kappa shape index (κ2) is 4.97. The molecule has 0 amide bonds. The summed E-state index contributed by atoms with van der Waals surface area (Å²) in [5.74, 6) is -0.368. The lowest BCUT2D eigenvalue weighted by atomic mass is 10.2. The second-order valence-corrected chi connectivity index (χ2v) is 4.11. The predicted molar refractivity (Wildman–Crippen MR) is 73.0 cm³/mol. The maximum absolute atomic E-state index is 11.2. The minimum atomic E-state index is -1.06. The van der Waals surface area contributed by atoms with Crippen LogP contribution in [0.5, 0.6) is 11.5 Å². The lowest BCUT2D eigenvalue weighted by Crippen LogP contribution is -2.00. The molecule has 0 spiro atoms. The van der Waals surface area contributed by atoms with E-state index in [0.29, 0.717) is 11.3 Å². The van der Waals surface area contributed by atoms with Crippen molar-refractivity contribution in [2.45, 2.75) is 0 Å². The monoisotopic (exact) mass is 266 g/mol. The Balaban J connectivity index is 2.08. The van der Waals surface area contributed by atoms with Gasteiger partial charge in [0.25, 0.3) is 0 Å². The van der Waals surface area contributed by atoms with Crippen LogP contribution >= 0.6 is 0 Å². The molecule has 3 aromatic rings. The molecule has 0 aliphatic heterocycles. The summed E-state index contributed by atoms with van der Waals surface area (Å²) in [7, 11) is 0. The average molecular weight is 266 g/mol. The van der Waals surface area contributed by atoms with E-state index >= 15 is 0 Å². The van der Waals surface area contributed by atoms with E-state index in [1.54, 1.807) is 12.3 Å². The Kier molecular flexibility index (Phi) is 3.01. The van der Waals surface area contributed by atoms with Crippen molar-refractivity contribution in [2.75, 3.05) is 0 Å². The molecule has 0 aliphatic rings. The maximum atomic E-state index is 11.2. The Morgan fingerprint density at radius 2 is 1.90 bits per heavy atom. The van der Waals surface area contributed by atoms with Gasteiger partial charge in [0.1, 0.15) is 11.1 Å². The van der Waals surface area contributed by atoms with Crippen LogP contribution in [-0.2, 0) is 0 Å². The van der Waals surface area contributed by atoms with Crippen LogP contribution in [0.1, 0.15) is 10.4 Å². The molecular weight excluding hydrogens is 256 g/mol. The standard InChI is InChI=1S/C15H10N2O3/c18-15(19)11-6-8-16-9-13(11)20-12-5-1-3-10-4-2-7-17-14(10)12/h1-9H,(H,18,19). The third-order valence-corrected chi connectivity index (χ3v) is 2.83. The van der Waals surface area contributed by atoms with Crippen molar-refractivity contribution >= 4 is 16.9 Å². The van der Waals surface area contributed by atoms with Crippen LogP contribution in [0.15, 0.2) is 55.0 Å². The molecule has 98 valence electrons. The van der Waals surface area contributed by atoms with E-state index in [9.17, 15) is 4.79 Å². The first-order valence-electron chi connectivity index (χ1n) is 5.94. The number of benzene rings is 1. The second-order valence-electron chi connectivity index (χ2n) is 4.11. The normalized spacial score (nSPS) is 10.4. The number of carboxylic acid groups (broad SMARTS) is 1. The minimum absolute atomic E-state index is 0.0629. The van der Waals surface area contributed by atoms with Gasteiger partial charge >= 0.3 is 5.97 Å². The summed E-state index contributed by atoms with van der Waals surface area (Å²) in [5.41, 5.74) is 0.739. The number of para-hydroxylation sites is 1. The highest BCUT2D eigenvalue weighted by Gasteiger charge is 2.13. The number of hydrogen-bond acceptors (Lipinski definition) is 4. The Labute approximate surface area is 114 Å². The van der Waals surface area contributed by atoms with E-state index in [0.717, 1.165) is 5.39 Å². The van der Waals surface area contributed by atoms with Crippen LogP contribution in [0.3, 0.4) is 0 Å². The third kappa shape index (κ3) is 2.16. The fraction of sp³-hybridized carbons (Fsp3) is 0. The number of carbonyl (C=O) groups is 1. The van der Waals surface area contributed by atoms with Gasteiger partial charge in [-0.1, -0.05) is 18.2 Å². The minimum Gasteiger partial charge on any atom is -0.478 e. The predicted octanol–water partition coefficient (Wildman–Crippen LogP) is 3.12. The summed E-state index contributed by atoms with van der Waals surface area (Å²) in [6.07, 6.45) is 4.46. The molecule has 0 saturated carbocycles. The Morgan fingerprint density at radius 1 is 1.05 bits per heavy atom. The van der Waals surface area contributed by atoms with E-state index in [1.807, 2.05) is 24.3 Å². The van der Waals surface area contributed by atoms with Gasteiger partial charge in [-0.15, -0.1) is 0 Å². The molecule has 0 aliphatic carbocycles. The molecule has 3 rings (SSSR count). The Bertz CT molecular complexity index is 781. The van der Waals surface area contributed by atoms with Gasteiger partial charge in [-0.05, 0) is 18.2 Å². The van der Waals surface area contributed by atoms with Gasteiger partial charge in [0.15, 0.2) is 11.5 Å².